The van der Waals surface area contributed by atoms with Gasteiger partial charge >= 0.3 is 0 Å². The number of nitrogens with one attached hydrogen (secondary N) is 1. The first-order valence-electron chi connectivity index (χ1n) is 7.46. The van der Waals surface area contributed by atoms with Crippen LogP contribution in [0.4, 0.5) is 0 Å². The van der Waals surface area contributed by atoms with Crippen molar-refractivity contribution in [2.75, 3.05) is 7.11 Å². The molecular formula is C18H18N4OS. The van der Waals surface area contributed by atoms with Crippen molar-refractivity contribution in [2.24, 2.45) is 10.8 Å². The van der Waals surface area contributed by atoms with Crippen LogP contribution in [0.15, 0.2) is 59.8 Å². The summed E-state index contributed by atoms with van der Waals surface area (Å²) in [6, 6.07) is 16.3. The van der Waals surface area contributed by atoms with Crippen molar-refractivity contribution < 1.29 is 4.74 Å². The summed E-state index contributed by atoms with van der Waals surface area (Å²) in [5.74, 6) is 0.854. The molecule has 6 heteroatoms. The summed E-state index contributed by atoms with van der Waals surface area (Å²) < 4.78 is 7.40. The Hall–Kier alpha value is -2.86. The molecule has 1 heterocycles. The number of hydrogen-bond acceptors (Lipinski definition) is 3. The van der Waals surface area contributed by atoms with Crippen LogP contribution in [0.25, 0.3) is 10.9 Å². The fraction of sp³-hybridized carbons (Fsp3) is 0.111. The van der Waals surface area contributed by atoms with Gasteiger partial charge in [-0.2, -0.15) is 5.10 Å². The third kappa shape index (κ3) is 3.55. The van der Waals surface area contributed by atoms with Gasteiger partial charge < -0.3 is 15.0 Å². The highest BCUT2D eigenvalue weighted by atomic mass is 32.1. The molecule has 0 radical (unpaired) electrons. The fourth-order valence-corrected chi connectivity index (χ4v) is 2.65. The summed E-state index contributed by atoms with van der Waals surface area (Å²) in [6.07, 6.45) is 3.80. The fourth-order valence-electron chi connectivity index (χ4n) is 2.60. The van der Waals surface area contributed by atoms with Crippen molar-refractivity contribution in [1.29, 1.82) is 0 Å². The number of rotatable bonds is 5. The summed E-state index contributed by atoms with van der Waals surface area (Å²) in [5.41, 5.74) is 11.3. The van der Waals surface area contributed by atoms with Crippen molar-refractivity contribution >= 4 is 34.4 Å². The maximum absolute atomic E-state index is 5.39. The molecule has 3 rings (SSSR count). The van der Waals surface area contributed by atoms with E-state index in [1.165, 1.54) is 5.56 Å². The molecular weight excluding hydrogens is 320 g/mol. The van der Waals surface area contributed by atoms with Crippen LogP contribution in [0, 0.1) is 0 Å². The third-order valence-electron chi connectivity index (χ3n) is 3.71. The van der Waals surface area contributed by atoms with Crippen LogP contribution in [0.2, 0.25) is 0 Å². The molecule has 0 saturated carbocycles. The molecule has 0 atom stereocenters. The number of methoxy groups -OCH3 is 1. The first-order valence-corrected chi connectivity index (χ1v) is 7.87. The van der Waals surface area contributed by atoms with E-state index in [1.807, 2.05) is 24.3 Å². The van der Waals surface area contributed by atoms with Gasteiger partial charge in [0.05, 0.1) is 13.3 Å². The van der Waals surface area contributed by atoms with Gasteiger partial charge in [0.25, 0.3) is 0 Å². The summed E-state index contributed by atoms with van der Waals surface area (Å²) in [4.78, 5) is 0. The number of benzene rings is 2. The molecule has 3 aromatic rings. The standard InChI is InChI=1S/C18H18N4OS/c1-23-15-8-6-13(7-9-15)11-22-12-14(10-20-21-18(19)24)16-4-2-3-5-17(16)22/h2-10,12H,11H2,1H3,(H3,19,21,24). The van der Waals surface area contributed by atoms with E-state index in [9.17, 15) is 0 Å². The molecule has 5 nitrogen and oxygen atoms in total. The van der Waals surface area contributed by atoms with Crippen molar-refractivity contribution in [3.8, 4) is 5.75 Å². The molecule has 0 unspecified atom stereocenters. The van der Waals surface area contributed by atoms with Crippen LogP contribution in [0.5, 0.6) is 5.75 Å². The first kappa shape index (κ1) is 16.0. The van der Waals surface area contributed by atoms with E-state index in [4.69, 9.17) is 22.7 Å². The number of fused-ring (bicyclic) bond motifs is 1. The highest BCUT2D eigenvalue weighted by molar-refractivity contribution is 7.80. The van der Waals surface area contributed by atoms with Crippen molar-refractivity contribution in [2.45, 2.75) is 6.54 Å². The van der Waals surface area contributed by atoms with Crippen LogP contribution < -0.4 is 15.9 Å². The van der Waals surface area contributed by atoms with Crippen LogP contribution >= 0.6 is 12.2 Å². The molecule has 122 valence electrons. The van der Waals surface area contributed by atoms with Gasteiger partial charge in [0, 0.05) is 29.2 Å². The smallest absolute Gasteiger partial charge is 0.184 e. The summed E-state index contributed by atoms with van der Waals surface area (Å²) in [5, 5.41) is 5.33. The van der Waals surface area contributed by atoms with E-state index in [0.717, 1.165) is 28.8 Å². The van der Waals surface area contributed by atoms with E-state index in [0.29, 0.717) is 0 Å². The summed E-state index contributed by atoms with van der Waals surface area (Å²) in [7, 11) is 1.67. The number of hydrogen-bond donors (Lipinski definition) is 2. The lowest BCUT2D eigenvalue weighted by molar-refractivity contribution is 0.414. The number of hydrazone groups is 1. The Labute approximate surface area is 145 Å². The Morgan fingerprint density at radius 1 is 1.25 bits per heavy atom. The average molecular weight is 338 g/mol. The molecule has 0 spiro atoms. The summed E-state index contributed by atoms with van der Waals surface area (Å²) in [6.45, 7) is 0.765. The minimum Gasteiger partial charge on any atom is -0.497 e. The van der Waals surface area contributed by atoms with Gasteiger partial charge in [-0.3, -0.25) is 5.43 Å². The lowest BCUT2D eigenvalue weighted by Crippen LogP contribution is -2.23. The highest BCUT2D eigenvalue weighted by Crippen LogP contribution is 2.22. The Bertz CT molecular complexity index is 884. The first-order chi connectivity index (χ1) is 11.7. The monoisotopic (exact) mass is 338 g/mol. The highest BCUT2D eigenvalue weighted by Gasteiger charge is 2.07. The van der Waals surface area contributed by atoms with Crippen LogP contribution in [-0.2, 0) is 6.54 Å². The Morgan fingerprint density at radius 3 is 2.71 bits per heavy atom. The second kappa shape index (κ2) is 7.14. The Kier molecular flexibility index (Phi) is 4.77. The van der Waals surface area contributed by atoms with Gasteiger partial charge in [-0.25, -0.2) is 0 Å². The van der Waals surface area contributed by atoms with Gasteiger partial charge in [0.2, 0.25) is 0 Å². The van der Waals surface area contributed by atoms with Crippen molar-refractivity contribution in [3.05, 3.63) is 65.9 Å². The predicted molar refractivity (Wildman–Crippen MR) is 102 cm³/mol. The minimum atomic E-state index is 0.147. The molecule has 3 N–H and O–H groups in total. The van der Waals surface area contributed by atoms with Crippen LogP contribution in [-0.4, -0.2) is 23.0 Å². The zero-order valence-electron chi connectivity index (χ0n) is 13.3. The molecule has 0 fully saturated rings. The lowest BCUT2D eigenvalue weighted by atomic mass is 10.2. The van der Waals surface area contributed by atoms with Crippen LogP contribution in [0.1, 0.15) is 11.1 Å². The van der Waals surface area contributed by atoms with Gasteiger partial charge in [0.1, 0.15) is 5.75 Å². The normalized spacial score (nSPS) is 11.0. The molecule has 24 heavy (non-hydrogen) atoms. The van der Waals surface area contributed by atoms with E-state index in [2.05, 4.69) is 45.6 Å². The average Bonchev–Trinajstić information content (AvgIpc) is 2.93. The number of aromatic nitrogens is 1. The van der Waals surface area contributed by atoms with Gasteiger partial charge in [0.15, 0.2) is 5.11 Å². The Balaban J connectivity index is 1.92. The Morgan fingerprint density at radius 2 is 2.00 bits per heavy atom. The number of nitrogens with zero attached hydrogens (tertiary/aromatic N) is 2. The topological polar surface area (TPSA) is 64.6 Å². The maximum atomic E-state index is 5.39. The second-order valence-corrected chi connectivity index (χ2v) is 5.75. The second-order valence-electron chi connectivity index (χ2n) is 5.31. The SMILES string of the molecule is COc1ccc(Cn2cc(C=NNC(N)=S)c3ccccc32)cc1. The molecule has 0 amide bonds. The molecule has 1 aromatic heterocycles. The molecule has 0 aliphatic rings. The number of para-hydroxylation sites is 1. The van der Waals surface area contributed by atoms with E-state index in [-0.39, 0.29) is 5.11 Å². The predicted octanol–water partition coefficient (Wildman–Crippen LogP) is 2.87. The molecule has 0 aliphatic heterocycles. The quantitative estimate of drug-likeness (QED) is 0.426. The van der Waals surface area contributed by atoms with Crippen LogP contribution in [0.3, 0.4) is 0 Å². The zero-order chi connectivity index (χ0) is 16.9. The van der Waals surface area contributed by atoms with Gasteiger partial charge in [-0.1, -0.05) is 30.3 Å². The van der Waals surface area contributed by atoms with E-state index < -0.39 is 0 Å². The van der Waals surface area contributed by atoms with Crippen molar-refractivity contribution in [1.82, 2.24) is 9.99 Å². The number of thiocarbonyl (C=S) groups is 1. The molecule has 0 bridgehead atoms. The molecule has 0 aliphatic carbocycles. The number of ether oxygens (including phenoxy) is 1. The molecule has 2 aromatic carbocycles. The van der Waals surface area contributed by atoms with Gasteiger partial charge in [-0.15, -0.1) is 0 Å². The van der Waals surface area contributed by atoms with Gasteiger partial charge in [-0.05, 0) is 36.0 Å². The van der Waals surface area contributed by atoms with Crippen molar-refractivity contribution in [3.63, 3.8) is 0 Å². The van der Waals surface area contributed by atoms with E-state index >= 15 is 0 Å². The van der Waals surface area contributed by atoms with E-state index in [1.54, 1.807) is 13.3 Å². The minimum absolute atomic E-state index is 0.147. The number of nitrogens with two attached hydrogens (primary N) is 1. The largest absolute Gasteiger partial charge is 0.497 e. The summed E-state index contributed by atoms with van der Waals surface area (Å²) >= 11 is 4.76. The lowest BCUT2D eigenvalue weighted by Gasteiger charge is -2.06. The third-order valence-corrected chi connectivity index (χ3v) is 3.80. The zero-order valence-corrected chi connectivity index (χ0v) is 14.1. The maximum Gasteiger partial charge on any atom is 0.184 e. The molecule has 0 saturated heterocycles.